The molecule has 2 atom stereocenters. The smallest absolute Gasteiger partial charge is 0.324 e. The zero-order valence-electron chi connectivity index (χ0n) is 25.0. The number of hydrogen-bond acceptors (Lipinski definition) is 6. The molecule has 2 heterocycles. The second-order valence-electron chi connectivity index (χ2n) is 11.9. The molecular weight excluding hydrogens is 512 g/mol. The summed E-state index contributed by atoms with van der Waals surface area (Å²) in [5.41, 5.74) is 5.23. The van der Waals surface area contributed by atoms with E-state index in [4.69, 9.17) is 9.26 Å². The highest BCUT2D eigenvalue weighted by Crippen LogP contribution is 2.33. The third-order valence-corrected chi connectivity index (χ3v) is 8.45. The summed E-state index contributed by atoms with van der Waals surface area (Å²) in [7, 11) is 0. The number of nitrogens with zero attached hydrogens (tertiary/aromatic N) is 4. The van der Waals surface area contributed by atoms with Crippen molar-refractivity contribution in [1.82, 2.24) is 15.0 Å². The number of hydrogen-bond donors (Lipinski definition) is 0. The molecule has 0 radical (unpaired) electrons. The third kappa shape index (κ3) is 7.19. The summed E-state index contributed by atoms with van der Waals surface area (Å²) in [4.78, 5) is 22.0. The van der Waals surface area contributed by atoms with Gasteiger partial charge in [0.1, 0.15) is 5.75 Å². The summed E-state index contributed by atoms with van der Waals surface area (Å²) in [5.74, 6) is 2.69. The van der Waals surface area contributed by atoms with Crippen molar-refractivity contribution < 1.29 is 14.1 Å². The summed E-state index contributed by atoms with van der Waals surface area (Å²) in [6.45, 7) is 12.4. The van der Waals surface area contributed by atoms with Crippen LogP contribution in [0.3, 0.4) is 0 Å². The second kappa shape index (κ2) is 13.4. The Balaban J connectivity index is 1.07. The molecule has 0 saturated carbocycles. The van der Waals surface area contributed by atoms with Crippen LogP contribution in [0, 0.1) is 11.8 Å². The van der Waals surface area contributed by atoms with E-state index >= 15 is 0 Å². The molecule has 7 nitrogen and oxygen atoms in total. The number of ether oxygens (including phenoxy) is 1. The van der Waals surface area contributed by atoms with Crippen LogP contribution < -0.4 is 9.64 Å². The fourth-order valence-corrected chi connectivity index (χ4v) is 5.70. The van der Waals surface area contributed by atoms with Gasteiger partial charge in [-0.2, -0.15) is 4.98 Å². The normalized spacial score (nSPS) is 17.6. The average molecular weight is 557 g/mol. The largest absolute Gasteiger partial charge is 0.493 e. The molecular formula is C34H44N4O3. The maximum atomic E-state index is 13.2. The van der Waals surface area contributed by atoms with Crippen LogP contribution >= 0.6 is 0 Å². The van der Waals surface area contributed by atoms with Gasteiger partial charge in [-0.1, -0.05) is 68.4 Å². The highest BCUT2D eigenvalue weighted by atomic mass is 16.5. The standard InChI is InChI=1S/C34H44N4O3/c1-5-37(34-35-32(24(2)3)36-41-34)20-18-25(4)23-40-31-16-14-28(15-17-31)27-10-12-29(13-11-27)33(39)38-21-19-26-8-6-7-9-30(26)22-38/h6-10,14-17,24-25,29H,5,11-13,18-23H2,1-4H3. The van der Waals surface area contributed by atoms with Crippen molar-refractivity contribution in [1.29, 1.82) is 0 Å². The van der Waals surface area contributed by atoms with Gasteiger partial charge in [0.25, 0.3) is 0 Å². The number of allylic oxidation sites excluding steroid dienone is 2. The molecule has 0 fully saturated rings. The molecule has 1 amide bonds. The Morgan fingerprint density at radius 2 is 1.88 bits per heavy atom. The van der Waals surface area contributed by atoms with E-state index in [1.807, 2.05) is 0 Å². The van der Waals surface area contributed by atoms with Crippen molar-refractivity contribution in [3.8, 4) is 5.75 Å². The molecule has 0 spiro atoms. The van der Waals surface area contributed by atoms with Gasteiger partial charge in [0, 0.05) is 38.0 Å². The number of amides is 1. The quantitative estimate of drug-likeness (QED) is 0.256. The number of aromatic nitrogens is 2. The van der Waals surface area contributed by atoms with E-state index in [1.54, 1.807) is 0 Å². The topological polar surface area (TPSA) is 71.7 Å². The first-order valence-electron chi connectivity index (χ1n) is 15.3. The molecule has 0 bridgehead atoms. The van der Waals surface area contributed by atoms with Crippen LogP contribution in [0.5, 0.6) is 5.75 Å². The summed E-state index contributed by atoms with van der Waals surface area (Å²) in [5, 5.41) is 4.09. The Kier molecular flexibility index (Phi) is 9.42. The minimum absolute atomic E-state index is 0.0915. The van der Waals surface area contributed by atoms with E-state index in [1.165, 1.54) is 22.3 Å². The first-order valence-corrected chi connectivity index (χ1v) is 15.3. The van der Waals surface area contributed by atoms with Crippen molar-refractivity contribution in [2.45, 2.75) is 72.3 Å². The summed E-state index contributed by atoms with van der Waals surface area (Å²) in [6.07, 6.45) is 6.87. The monoisotopic (exact) mass is 556 g/mol. The van der Waals surface area contributed by atoms with Crippen LogP contribution in [0.4, 0.5) is 6.01 Å². The molecule has 41 heavy (non-hydrogen) atoms. The highest BCUT2D eigenvalue weighted by Gasteiger charge is 2.28. The van der Waals surface area contributed by atoms with Crippen LogP contribution in [0.1, 0.15) is 81.8 Å². The molecule has 0 N–H and O–H groups in total. The maximum Gasteiger partial charge on any atom is 0.324 e. The number of anilines is 1. The molecule has 5 rings (SSSR count). The lowest BCUT2D eigenvalue weighted by molar-refractivity contribution is -0.136. The Labute approximate surface area is 244 Å². The van der Waals surface area contributed by atoms with E-state index in [0.29, 0.717) is 24.4 Å². The van der Waals surface area contributed by atoms with Crippen LogP contribution in [-0.2, 0) is 17.8 Å². The first kappa shape index (κ1) is 28.9. The molecule has 1 aliphatic heterocycles. The lowest BCUT2D eigenvalue weighted by Gasteiger charge is -2.33. The molecule has 1 aromatic heterocycles. The third-order valence-electron chi connectivity index (χ3n) is 8.45. The number of carbonyl (C=O) groups excluding carboxylic acids is 1. The van der Waals surface area contributed by atoms with Crippen LogP contribution in [0.15, 0.2) is 59.1 Å². The first-order chi connectivity index (χ1) is 19.9. The van der Waals surface area contributed by atoms with Crippen molar-refractivity contribution in [3.63, 3.8) is 0 Å². The van der Waals surface area contributed by atoms with Crippen molar-refractivity contribution in [2.24, 2.45) is 11.8 Å². The molecule has 3 aromatic rings. The molecule has 2 unspecified atom stereocenters. The van der Waals surface area contributed by atoms with Gasteiger partial charge in [-0.15, -0.1) is 0 Å². The SMILES string of the molecule is CCN(CCC(C)COc1ccc(C2=CCC(C(=O)N3CCc4ccccc4C3)CC2)cc1)c1nc(C(C)C)no1. The highest BCUT2D eigenvalue weighted by molar-refractivity contribution is 5.81. The van der Waals surface area contributed by atoms with Gasteiger partial charge in [-0.05, 0) is 79.3 Å². The summed E-state index contributed by atoms with van der Waals surface area (Å²) >= 11 is 0. The number of fused-ring (bicyclic) bond motifs is 1. The van der Waals surface area contributed by atoms with Crippen LogP contribution in [-0.4, -0.2) is 47.2 Å². The Bertz CT molecular complexity index is 1330. The fraction of sp³-hybridized carbons (Fsp3) is 0.500. The fourth-order valence-electron chi connectivity index (χ4n) is 5.70. The summed E-state index contributed by atoms with van der Waals surface area (Å²) < 4.78 is 11.6. The molecule has 0 saturated heterocycles. The Morgan fingerprint density at radius 3 is 2.56 bits per heavy atom. The predicted molar refractivity (Wildman–Crippen MR) is 163 cm³/mol. The van der Waals surface area contributed by atoms with E-state index in [2.05, 4.69) is 102 Å². The lowest BCUT2D eigenvalue weighted by atomic mass is 9.85. The molecule has 218 valence electrons. The van der Waals surface area contributed by atoms with E-state index in [0.717, 1.165) is 69.9 Å². The van der Waals surface area contributed by atoms with Gasteiger partial charge in [0.05, 0.1) is 6.61 Å². The molecule has 1 aliphatic carbocycles. The van der Waals surface area contributed by atoms with Gasteiger partial charge >= 0.3 is 6.01 Å². The summed E-state index contributed by atoms with van der Waals surface area (Å²) in [6, 6.07) is 17.5. The van der Waals surface area contributed by atoms with E-state index in [9.17, 15) is 4.79 Å². The van der Waals surface area contributed by atoms with Gasteiger partial charge in [-0.25, -0.2) is 0 Å². The zero-order valence-corrected chi connectivity index (χ0v) is 25.0. The van der Waals surface area contributed by atoms with Crippen molar-refractivity contribution >= 4 is 17.5 Å². The Hall–Kier alpha value is -3.61. The molecule has 2 aliphatic rings. The average Bonchev–Trinajstić information content (AvgIpc) is 3.51. The zero-order chi connectivity index (χ0) is 28.8. The number of carbonyl (C=O) groups is 1. The maximum absolute atomic E-state index is 13.2. The number of benzene rings is 2. The lowest BCUT2D eigenvalue weighted by Crippen LogP contribution is -2.40. The van der Waals surface area contributed by atoms with Gasteiger partial charge in [0.15, 0.2) is 5.82 Å². The van der Waals surface area contributed by atoms with Crippen LogP contribution in [0.2, 0.25) is 0 Å². The molecule has 7 heteroatoms. The van der Waals surface area contributed by atoms with Gasteiger partial charge in [-0.3, -0.25) is 4.79 Å². The van der Waals surface area contributed by atoms with E-state index < -0.39 is 0 Å². The van der Waals surface area contributed by atoms with Crippen molar-refractivity contribution in [2.75, 3.05) is 31.1 Å². The minimum Gasteiger partial charge on any atom is -0.493 e. The predicted octanol–water partition coefficient (Wildman–Crippen LogP) is 6.89. The van der Waals surface area contributed by atoms with E-state index in [-0.39, 0.29) is 11.8 Å². The van der Waals surface area contributed by atoms with Crippen molar-refractivity contribution in [3.05, 3.63) is 77.1 Å². The second-order valence-corrected chi connectivity index (χ2v) is 11.9. The molecule has 2 aromatic carbocycles. The van der Waals surface area contributed by atoms with Gasteiger partial charge in [0.2, 0.25) is 5.91 Å². The van der Waals surface area contributed by atoms with Gasteiger partial charge < -0.3 is 19.1 Å². The number of rotatable bonds is 11. The van der Waals surface area contributed by atoms with Crippen LogP contribution in [0.25, 0.3) is 5.57 Å². The minimum atomic E-state index is 0.0915. The Morgan fingerprint density at radius 1 is 1.10 bits per heavy atom.